The molecule has 1 atom stereocenters. The van der Waals surface area contributed by atoms with Crippen molar-refractivity contribution in [3.05, 3.63) is 35.4 Å². The molecule has 1 aliphatic heterocycles. The van der Waals surface area contributed by atoms with Crippen molar-refractivity contribution >= 4 is 28.9 Å². The second-order valence-electron chi connectivity index (χ2n) is 4.64. The molecule has 1 amide bonds. The van der Waals surface area contributed by atoms with Crippen LogP contribution in [-0.4, -0.2) is 24.6 Å². The first-order chi connectivity index (χ1) is 9.04. The molecule has 0 fully saturated rings. The molecule has 2 N–H and O–H groups in total. The minimum Gasteiger partial charge on any atom is -0.378 e. The number of carbonyl (C=O) groups excluding carboxylic acids is 1. The first kappa shape index (κ1) is 13.9. The third-order valence-corrected chi connectivity index (χ3v) is 3.54. The van der Waals surface area contributed by atoms with Crippen LogP contribution in [0.1, 0.15) is 24.5 Å². The lowest BCUT2D eigenvalue weighted by atomic mass is 10.1. The fourth-order valence-corrected chi connectivity index (χ4v) is 2.46. The van der Waals surface area contributed by atoms with Gasteiger partial charge in [0.2, 0.25) is 0 Å². The highest BCUT2D eigenvalue weighted by Crippen LogP contribution is 2.38. The van der Waals surface area contributed by atoms with Gasteiger partial charge in [-0.1, -0.05) is 17.7 Å². The smallest absolute Gasteiger partial charge is 0.257 e. The molecule has 0 saturated carbocycles. The number of aliphatic hydroxyl groups excluding tert-OH is 1. The number of allylic oxidation sites excluding steroid dienone is 1. The highest BCUT2D eigenvalue weighted by molar-refractivity contribution is 6.33. The molecule has 5 heteroatoms. The summed E-state index contributed by atoms with van der Waals surface area (Å²) in [5.41, 5.74) is 2.02. The lowest BCUT2D eigenvalue weighted by Crippen LogP contribution is -2.18. The number of aliphatic hydroxyl groups is 1. The fraction of sp³-hybridized carbons (Fsp3) is 0.357. The zero-order valence-corrected chi connectivity index (χ0v) is 11.6. The number of hydrogen-bond donors (Lipinski definition) is 2. The van der Waals surface area contributed by atoms with E-state index in [9.17, 15) is 9.90 Å². The number of nitrogens with zero attached hydrogens (tertiary/aromatic N) is 1. The lowest BCUT2D eigenvalue weighted by molar-refractivity contribution is -0.123. The Morgan fingerprint density at radius 1 is 1.58 bits per heavy atom. The van der Waals surface area contributed by atoms with Crippen LogP contribution in [0, 0.1) is 0 Å². The first-order valence-corrected chi connectivity index (χ1v) is 6.56. The molecule has 1 unspecified atom stereocenters. The van der Waals surface area contributed by atoms with Crippen LogP contribution in [0.3, 0.4) is 0 Å². The summed E-state index contributed by atoms with van der Waals surface area (Å²) >= 11 is 6.22. The Bertz CT molecular complexity index is 516. The summed E-state index contributed by atoms with van der Waals surface area (Å²) in [7, 11) is 1.95. The number of hydrogen-bond acceptors (Lipinski definition) is 3. The molecule has 0 bridgehead atoms. The van der Waals surface area contributed by atoms with Gasteiger partial charge < -0.3 is 15.3 Å². The molecule has 19 heavy (non-hydrogen) atoms. The molecule has 1 aromatic rings. The van der Waals surface area contributed by atoms with E-state index in [4.69, 9.17) is 11.6 Å². The number of anilines is 2. The first-order valence-electron chi connectivity index (χ1n) is 6.19. The van der Waals surface area contributed by atoms with Gasteiger partial charge in [-0.05, 0) is 25.0 Å². The molecular formula is C14H17ClN2O2. The normalized spacial score (nSPS) is 17.0. The Kier molecular flexibility index (Phi) is 4.12. The third-order valence-electron chi connectivity index (χ3n) is 3.23. The molecule has 0 spiro atoms. The number of benzene rings is 1. The van der Waals surface area contributed by atoms with E-state index in [1.807, 2.05) is 18.0 Å². The summed E-state index contributed by atoms with van der Waals surface area (Å²) in [4.78, 5) is 13.4. The van der Waals surface area contributed by atoms with E-state index in [-0.39, 0.29) is 0 Å². The van der Waals surface area contributed by atoms with Crippen molar-refractivity contribution in [2.75, 3.05) is 23.8 Å². The zero-order chi connectivity index (χ0) is 14.0. The van der Waals surface area contributed by atoms with E-state index in [0.717, 1.165) is 25.1 Å². The van der Waals surface area contributed by atoms with Gasteiger partial charge in [0.15, 0.2) is 6.10 Å². The van der Waals surface area contributed by atoms with Crippen molar-refractivity contribution in [2.24, 2.45) is 0 Å². The van der Waals surface area contributed by atoms with Crippen molar-refractivity contribution in [2.45, 2.75) is 18.9 Å². The molecule has 1 heterocycles. The average Bonchev–Trinajstić information content (AvgIpc) is 2.65. The maximum absolute atomic E-state index is 11.4. The van der Waals surface area contributed by atoms with Gasteiger partial charge in [0.25, 0.3) is 5.91 Å². The van der Waals surface area contributed by atoms with Gasteiger partial charge in [0, 0.05) is 24.8 Å². The van der Waals surface area contributed by atoms with Crippen LogP contribution < -0.4 is 10.2 Å². The topological polar surface area (TPSA) is 52.6 Å². The minimum absolute atomic E-state index is 0.405. The molecule has 4 nitrogen and oxygen atoms in total. The monoisotopic (exact) mass is 280 g/mol. The molecule has 1 aromatic carbocycles. The molecule has 2 rings (SSSR count). The molecule has 0 saturated heterocycles. The second kappa shape index (κ2) is 5.63. The van der Waals surface area contributed by atoms with Crippen molar-refractivity contribution in [3.8, 4) is 0 Å². The quantitative estimate of drug-likeness (QED) is 0.644. The molecule has 1 aliphatic rings. The molecule has 102 valence electrons. The Morgan fingerprint density at radius 2 is 2.32 bits per heavy atom. The van der Waals surface area contributed by atoms with Gasteiger partial charge >= 0.3 is 0 Å². The largest absolute Gasteiger partial charge is 0.378 e. The van der Waals surface area contributed by atoms with Crippen molar-refractivity contribution in [3.63, 3.8) is 0 Å². The van der Waals surface area contributed by atoms with Crippen LogP contribution in [0.15, 0.2) is 24.8 Å². The van der Waals surface area contributed by atoms with Crippen LogP contribution in [-0.2, 0) is 4.79 Å². The summed E-state index contributed by atoms with van der Waals surface area (Å²) in [5, 5.41) is 12.9. The van der Waals surface area contributed by atoms with Gasteiger partial charge in [-0.25, -0.2) is 0 Å². The summed E-state index contributed by atoms with van der Waals surface area (Å²) < 4.78 is 0. The van der Waals surface area contributed by atoms with Crippen LogP contribution in [0.25, 0.3) is 0 Å². The highest BCUT2D eigenvalue weighted by Gasteiger charge is 2.29. The van der Waals surface area contributed by atoms with Gasteiger partial charge in [0.1, 0.15) is 0 Å². The van der Waals surface area contributed by atoms with Crippen molar-refractivity contribution in [1.82, 2.24) is 0 Å². The minimum atomic E-state index is -1.12. The molecule has 0 aliphatic carbocycles. The summed E-state index contributed by atoms with van der Waals surface area (Å²) in [6.45, 7) is 4.54. The number of rotatable bonds is 5. The van der Waals surface area contributed by atoms with Gasteiger partial charge in [0.05, 0.1) is 10.7 Å². The van der Waals surface area contributed by atoms with Crippen molar-refractivity contribution in [1.29, 1.82) is 0 Å². The predicted octanol–water partition coefficient (Wildman–Crippen LogP) is 2.73. The van der Waals surface area contributed by atoms with E-state index >= 15 is 0 Å². The summed E-state index contributed by atoms with van der Waals surface area (Å²) in [6, 6.07) is 3.46. The predicted molar refractivity (Wildman–Crippen MR) is 77.7 cm³/mol. The van der Waals surface area contributed by atoms with E-state index in [1.165, 1.54) is 0 Å². The standard InChI is InChI=1S/C14H17ClN2O2/c1-3-4-5-6-17(2)12-8-11-9(7-10(12)15)13(18)14(19)16-11/h3,7-8,13,18H,1,4-6H2,2H3,(H,16,19). The van der Waals surface area contributed by atoms with Crippen LogP contribution in [0.5, 0.6) is 0 Å². The van der Waals surface area contributed by atoms with Crippen LogP contribution >= 0.6 is 11.6 Å². The van der Waals surface area contributed by atoms with Crippen LogP contribution in [0.2, 0.25) is 5.02 Å². The van der Waals surface area contributed by atoms with Gasteiger partial charge in [-0.2, -0.15) is 0 Å². The summed E-state index contributed by atoms with van der Waals surface area (Å²) in [5.74, 6) is -0.405. The Hall–Kier alpha value is -1.52. The van der Waals surface area contributed by atoms with E-state index in [1.54, 1.807) is 12.1 Å². The van der Waals surface area contributed by atoms with E-state index in [0.29, 0.717) is 16.3 Å². The SMILES string of the molecule is C=CCCCN(C)c1cc2c(cc1Cl)C(O)C(=O)N2. The zero-order valence-electron chi connectivity index (χ0n) is 10.8. The van der Waals surface area contributed by atoms with Gasteiger partial charge in [-0.3, -0.25) is 4.79 Å². The number of unbranched alkanes of at least 4 members (excludes halogenated alkanes) is 1. The van der Waals surface area contributed by atoms with Crippen molar-refractivity contribution < 1.29 is 9.90 Å². The average molecular weight is 281 g/mol. The Balaban J connectivity index is 2.21. The fourth-order valence-electron chi connectivity index (χ4n) is 2.14. The molecular weight excluding hydrogens is 264 g/mol. The Labute approximate surface area is 117 Å². The number of nitrogens with one attached hydrogen (secondary N) is 1. The number of fused-ring (bicyclic) bond motifs is 1. The molecule has 0 radical (unpaired) electrons. The van der Waals surface area contributed by atoms with Gasteiger partial charge in [-0.15, -0.1) is 6.58 Å². The molecule has 0 aromatic heterocycles. The number of carbonyl (C=O) groups is 1. The number of amides is 1. The van der Waals surface area contributed by atoms with Crippen LogP contribution in [0.4, 0.5) is 11.4 Å². The van der Waals surface area contributed by atoms with E-state index in [2.05, 4.69) is 11.9 Å². The number of halogens is 1. The second-order valence-corrected chi connectivity index (χ2v) is 5.04. The highest BCUT2D eigenvalue weighted by atomic mass is 35.5. The summed E-state index contributed by atoms with van der Waals surface area (Å²) in [6.07, 6.45) is 2.70. The third kappa shape index (κ3) is 2.74. The maximum atomic E-state index is 11.4. The lowest BCUT2D eigenvalue weighted by Gasteiger charge is -2.21. The Morgan fingerprint density at radius 3 is 3.00 bits per heavy atom. The maximum Gasteiger partial charge on any atom is 0.257 e. The van der Waals surface area contributed by atoms with E-state index < -0.39 is 12.0 Å².